The largest absolute Gasteiger partial charge is 0.459 e. The summed E-state index contributed by atoms with van der Waals surface area (Å²) < 4.78 is 7.23. The van der Waals surface area contributed by atoms with Gasteiger partial charge < -0.3 is 8.98 Å². The van der Waals surface area contributed by atoms with Gasteiger partial charge in [0.05, 0.1) is 12.5 Å². The maximum atomic E-state index is 11.9. The Labute approximate surface area is 159 Å². The van der Waals surface area contributed by atoms with E-state index in [9.17, 15) is 4.79 Å². The van der Waals surface area contributed by atoms with E-state index in [0.29, 0.717) is 0 Å². The predicted molar refractivity (Wildman–Crippen MR) is 108 cm³/mol. The molecule has 3 rings (SSSR count). The van der Waals surface area contributed by atoms with Gasteiger partial charge in [-0.1, -0.05) is 32.9 Å². The molecule has 1 N–H and O–H groups in total. The van der Waals surface area contributed by atoms with E-state index in [1.165, 1.54) is 11.8 Å². The van der Waals surface area contributed by atoms with Gasteiger partial charge in [0.1, 0.15) is 0 Å². The first-order valence-electron chi connectivity index (χ1n) is 8.94. The first-order valence-corrected chi connectivity index (χ1v) is 8.94. The first-order chi connectivity index (χ1) is 12.8. The second-order valence-corrected chi connectivity index (χ2v) is 7.64. The van der Waals surface area contributed by atoms with Gasteiger partial charge >= 0.3 is 5.91 Å². The Hall–Kier alpha value is -3.08. The van der Waals surface area contributed by atoms with Gasteiger partial charge in [-0.3, -0.25) is 4.79 Å². The third-order valence-corrected chi connectivity index (χ3v) is 4.58. The van der Waals surface area contributed by atoms with E-state index in [1.807, 2.05) is 6.92 Å². The normalized spacial score (nSPS) is 11.9. The molecule has 0 aliphatic rings. The van der Waals surface area contributed by atoms with E-state index in [-0.39, 0.29) is 17.1 Å². The predicted octanol–water partition coefficient (Wildman–Crippen LogP) is 4.75. The first kappa shape index (κ1) is 18.7. The third-order valence-electron chi connectivity index (χ3n) is 4.58. The van der Waals surface area contributed by atoms with Crippen LogP contribution in [0, 0.1) is 13.8 Å². The Morgan fingerprint density at radius 2 is 1.85 bits per heavy atom. The molecule has 1 aromatic carbocycles. The number of aryl methyl sites for hydroxylation is 1. The number of aromatic nitrogens is 1. The Kier molecular flexibility index (Phi) is 5.04. The molecule has 0 aliphatic carbocycles. The van der Waals surface area contributed by atoms with Gasteiger partial charge in [-0.25, -0.2) is 5.43 Å². The van der Waals surface area contributed by atoms with Crippen LogP contribution >= 0.6 is 0 Å². The fourth-order valence-electron chi connectivity index (χ4n) is 3.05. The van der Waals surface area contributed by atoms with Crippen molar-refractivity contribution in [1.29, 1.82) is 0 Å². The van der Waals surface area contributed by atoms with Crippen molar-refractivity contribution in [2.45, 2.75) is 40.0 Å². The Bertz CT molecular complexity index is 956. The summed E-state index contributed by atoms with van der Waals surface area (Å²) in [5.41, 5.74) is 8.14. The van der Waals surface area contributed by atoms with Crippen LogP contribution in [0.2, 0.25) is 0 Å². The Balaban J connectivity index is 1.80. The molecule has 5 nitrogen and oxygen atoms in total. The second kappa shape index (κ2) is 7.27. The van der Waals surface area contributed by atoms with Crippen molar-refractivity contribution in [2.75, 3.05) is 0 Å². The smallest absolute Gasteiger partial charge is 0.307 e. The average molecular weight is 363 g/mol. The molecule has 0 unspecified atom stereocenters. The molecule has 2 heterocycles. The van der Waals surface area contributed by atoms with E-state index in [2.05, 4.69) is 73.1 Å². The highest BCUT2D eigenvalue weighted by atomic mass is 16.3. The highest BCUT2D eigenvalue weighted by molar-refractivity contribution is 5.92. The summed E-state index contributed by atoms with van der Waals surface area (Å²) in [5.74, 6) is -0.139. The summed E-state index contributed by atoms with van der Waals surface area (Å²) in [7, 11) is 0. The molecule has 0 fully saturated rings. The summed E-state index contributed by atoms with van der Waals surface area (Å²) in [6, 6.07) is 13.9. The van der Waals surface area contributed by atoms with Gasteiger partial charge in [0.25, 0.3) is 0 Å². The SMILES string of the molecule is Cc1cc(/C=N/NC(=O)c2ccco2)c(C)n1-c1ccc(C(C)(C)C)cc1. The van der Waals surface area contributed by atoms with E-state index >= 15 is 0 Å². The third kappa shape index (κ3) is 4.03. The maximum absolute atomic E-state index is 11.9. The molecule has 0 atom stereocenters. The lowest BCUT2D eigenvalue weighted by Gasteiger charge is -2.20. The Morgan fingerprint density at radius 3 is 2.44 bits per heavy atom. The number of benzene rings is 1. The molecule has 0 radical (unpaired) electrons. The van der Waals surface area contributed by atoms with E-state index in [0.717, 1.165) is 22.6 Å². The quantitative estimate of drug-likeness (QED) is 0.537. The number of carbonyl (C=O) groups is 1. The van der Waals surface area contributed by atoms with Crippen LogP contribution in [-0.4, -0.2) is 16.7 Å². The van der Waals surface area contributed by atoms with E-state index in [4.69, 9.17) is 4.42 Å². The molecule has 1 amide bonds. The lowest BCUT2D eigenvalue weighted by atomic mass is 9.87. The monoisotopic (exact) mass is 363 g/mol. The van der Waals surface area contributed by atoms with Crippen LogP contribution in [0.15, 0.2) is 58.2 Å². The topological polar surface area (TPSA) is 59.5 Å². The lowest BCUT2D eigenvalue weighted by Crippen LogP contribution is -2.16. The van der Waals surface area contributed by atoms with Crippen LogP contribution < -0.4 is 5.43 Å². The zero-order valence-corrected chi connectivity index (χ0v) is 16.4. The van der Waals surface area contributed by atoms with Gasteiger partial charge in [-0.05, 0) is 55.2 Å². The second-order valence-electron chi connectivity index (χ2n) is 7.64. The molecule has 140 valence electrons. The van der Waals surface area contributed by atoms with Gasteiger partial charge in [-0.15, -0.1) is 0 Å². The van der Waals surface area contributed by atoms with E-state index < -0.39 is 0 Å². The van der Waals surface area contributed by atoms with Crippen molar-refractivity contribution in [3.05, 3.63) is 77.0 Å². The molecule has 0 saturated heterocycles. The van der Waals surface area contributed by atoms with Gasteiger partial charge in [-0.2, -0.15) is 5.10 Å². The standard InChI is InChI=1S/C22H25N3O2/c1-15-13-17(14-23-24-21(26)20-7-6-12-27-20)16(2)25(15)19-10-8-18(9-11-19)22(3,4)5/h6-14H,1-5H3,(H,24,26)/b23-14+. The van der Waals surface area contributed by atoms with Crippen molar-refractivity contribution in [3.8, 4) is 5.69 Å². The number of amides is 1. The highest BCUT2D eigenvalue weighted by Gasteiger charge is 2.15. The zero-order chi connectivity index (χ0) is 19.6. The summed E-state index contributed by atoms with van der Waals surface area (Å²) in [6.45, 7) is 10.7. The zero-order valence-electron chi connectivity index (χ0n) is 16.4. The van der Waals surface area contributed by atoms with Crippen molar-refractivity contribution in [2.24, 2.45) is 5.10 Å². The number of carbonyl (C=O) groups excluding carboxylic acids is 1. The molecule has 0 saturated carbocycles. The Morgan fingerprint density at radius 1 is 1.15 bits per heavy atom. The van der Waals surface area contributed by atoms with Gasteiger partial charge in [0, 0.05) is 22.6 Å². The average Bonchev–Trinajstić information content (AvgIpc) is 3.23. The minimum Gasteiger partial charge on any atom is -0.459 e. The van der Waals surface area contributed by atoms with Crippen LogP contribution in [0.5, 0.6) is 0 Å². The number of nitrogens with zero attached hydrogens (tertiary/aromatic N) is 2. The number of nitrogens with one attached hydrogen (secondary N) is 1. The molecule has 27 heavy (non-hydrogen) atoms. The summed E-state index contributed by atoms with van der Waals surface area (Å²) >= 11 is 0. The molecular formula is C22H25N3O2. The molecule has 2 aromatic heterocycles. The van der Waals surface area contributed by atoms with Crippen LogP contribution in [0.25, 0.3) is 5.69 Å². The number of hydrogen-bond acceptors (Lipinski definition) is 3. The molecule has 0 spiro atoms. The van der Waals surface area contributed by atoms with Crippen molar-refractivity contribution in [1.82, 2.24) is 9.99 Å². The summed E-state index contributed by atoms with van der Waals surface area (Å²) in [6.07, 6.45) is 3.11. The lowest BCUT2D eigenvalue weighted by molar-refractivity contribution is 0.0927. The van der Waals surface area contributed by atoms with Gasteiger partial charge in [0.15, 0.2) is 5.76 Å². The number of rotatable bonds is 4. The number of hydrazone groups is 1. The highest BCUT2D eigenvalue weighted by Crippen LogP contribution is 2.25. The molecule has 5 heteroatoms. The van der Waals surface area contributed by atoms with E-state index in [1.54, 1.807) is 18.3 Å². The number of hydrogen-bond donors (Lipinski definition) is 1. The van der Waals surface area contributed by atoms with Crippen LogP contribution in [0.4, 0.5) is 0 Å². The van der Waals surface area contributed by atoms with Crippen LogP contribution in [0.3, 0.4) is 0 Å². The van der Waals surface area contributed by atoms with Crippen LogP contribution in [0.1, 0.15) is 53.8 Å². The molecule has 0 bridgehead atoms. The van der Waals surface area contributed by atoms with Crippen LogP contribution in [-0.2, 0) is 5.41 Å². The number of furan rings is 1. The fraction of sp³-hybridized carbons (Fsp3) is 0.273. The van der Waals surface area contributed by atoms with Gasteiger partial charge in [0.2, 0.25) is 0 Å². The molecule has 3 aromatic rings. The van der Waals surface area contributed by atoms with Crippen molar-refractivity contribution >= 4 is 12.1 Å². The summed E-state index contributed by atoms with van der Waals surface area (Å²) in [5, 5.41) is 4.05. The minimum atomic E-state index is -0.372. The van der Waals surface area contributed by atoms with Crippen molar-refractivity contribution in [3.63, 3.8) is 0 Å². The minimum absolute atomic E-state index is 0.128. The fourth-order valence-corrected chi connectivity index (χ4v) is 3.05. The van der Waals surface area contributed by atoms with Crippen molar-refractivity contribution < 1.29 is 9.21 Å². The molecule has 0 aliphatic heterocycles. The molecular weight excluding hydrogens is 338 g/mol. The maximum Gasteiger partial charge on any atom is 0.307 e. The summed E-state index contributed by atoms with van der Waals surface area (Å²) in [4.78, 5) is 11.9.